The molecule has 0 aliphatic heterocycles. The first-order valence-electron chi connectivity index (χ1n) is 7.41. The van der Waals surface area contributed by atoms with E-state index >= 15 is 0 Å². The van der Waals surface area contributed by atoms with E-state index < -0.39 is 0 Å². The average molecular weight is 214 g/mol. The normalized spacial score (nSPS) is 9.60. The van der Waals surface area contributed by atoms with Gasteiger partial charge in [0.05, 0.1) is 0 Å². The summed E-state index contributed by atoms with van der Waals surface area (Å²) in [7, 11) is 0. The topological polar surface area (TPSA) is 0 Å². The Morgan fingerprint density at radius 1 is 0.400 bits per heavy atom. The van der Waals surface area contributed by atoms with Crippen LogP contribution >= 0.6 is 0 Å². The van der Waals surface area contributed by atoms with Gasteiger partial charge in [-0.3, -0.25) is 0 Å². The van der Waals surface area contributed by atoms with Gasteiger partial charge in [-0.1, -0.05) is 98.3 Å². The molecule has 0 aromatic heterocycles. The maximum atomic E-state index is 2.28. The molecule has 0 saturated carbocycles. The quantitative estimate of drug-likeness (QED) is 0.372. The molecule has 0 bridgehead atoms. The van der Waals surface area contributed by atoms with E-state index in [2.05, 4.69) is 13.8 Å². The van der Waals surface area contributed by atoms with E-state index in [-0.39, 0.29) is 0 Å². The molecule has 0 spiro atoms. The predicted molar refractivity (Wildman–Crippen MR) is 73.5 cm³/mol. The summed E-state index contributed by atoms with van der Waals surface area (Å²) in [5.74, 6) is 0. The molecule has 0 heteroatoms. The van der Waals surface area contributed by atoms with Gasteiger partial charge in [-0.2, -0.15) is 0 Å². The standard InChI is InChI=1S/C13H28.C2H6/c1-3-5-7-9-11-13-12-10-8-6-4-2;1-2/h3-13H2,1-2H3;1-2H3. The molecule has 0 aliphatic rings. The highest BCUT2D eigenvalue weighted by Gasteiger charge is 1.90. The zero-order valence-corrected chi connectivity index (χ0v) is 11.8. The molecular formula is C15H34. The van der Waals surface area contributed by atoms with Crippen molar-refractivity contribution in [3.05, 3.63) is 0 Å². The summed E-state index contributed by atoms with van der Waals surface area (Å²) in [6.07, 6.45) is 15.9. The molecule has 0 fully saturated rings. The molecule has 0 radical (unpaired) electrons. The lowest BCUT2D eigenvalue weighted by Crippen LogP contribution is -1.80. The largest absolute Gasteiger partial charge is 0.0683 e. The van der Waals surface area contributed by atoms with E-state index in [0.717, 1.165) is 0 Å². The minimum absolute atomic E-state index is 1.37. The van der Waals surface area contributed by atoms with E-state index in [1.165, 1.54) is 70.6 Å². The van der Waals surface area contributed by atoms with Gasteiger partial charge in [0.2, 0.25) is 0 Å². The first-order valence-corrected chi connectivity index (χ1v) is 7.41. The van der Waals surface area contributed by atoms with Crippen molar-refractivity contribution < 1.29 is 0 Å². The summed E-state index contributed by atoms with van der Waals surface area (Å²) in [5, 5.41) is 0. The molecule has 0 nitrogen and oxygen atoms in total. The lowest BCUT2D eigenvalue weighted by atomic mass is 10.1. The minimum atomic E-state index is 1.37. The van der Waals surface area contributed by atoms with Crippen LogP contribution in [0.1, 0.15) is 98.3 Å². The van der Waals surface area contributed by atoms with Crippen molar-refractivity contribution >= 4 is 0 Å². The van der Waals surface area contributed by atoms with Gasteiger partial charge in [0.15, 0.2) is 0 Å². The SMILES string of the molecule is CC.CCCCCCCCCCCCC. The third-order valence-corrected chi connectivity index (χ3v) is 2.71. The highest BCUT2D eigenvalue weighted by Crippen LogP contribution is 2.10. The van der Waals surface area contributed by atoms with Crippen molar-refractivity contribution in [3.8, 4) is 0 Å². The highest BCUT2D eigenvalue weighted by atomic mass is 14.0. The second kappa shape index (κ2) is 19.6. The fourth-order valence-electron chi connectivity index (χ4n) is 1.74. The second-order valence-corrected chi connectivity index (χ2v) is 4.18. The third kappa shape index (κ3) is 20.2. The maximum Gasteiger partial charge on any atom is -0.0533 e. The van der Waals surface area contributed by atoms with E-state index in [1.807, 2.05) is 13.8 Å². The zero-order valence-electron chi connectivity index (χ0n) is 11.8. The van der Waals surface area contributed by atoms with Crippen LogP contribution in [0.3, 0.4) is 0 Å². The Balaban J connectivity index is 0. The van der Waals surface area contributed by atoms with Crippen LogP contribution in [-0.2, 0) is 0 Å². The number of unbranched alkanes of at least 4 members (excludes halogenated alkanes) is 10. The molecule has 0 atom stereocenters. The molecule has 0 aliphatic carbocycles. The van der Waals surface area contributed by atoms with E-state index in [0.29, 0.717) is 0 Å². The van der Waals surface area contributed by atoms with Crippen LogP contribution in [-0.4, -0.2) is 0 Å². The van der Waals surface area contributed by atoms with Crippen LogP contribution in [0.5, 0.6) is 0 Å². The predicted octanol–water partition coefficient (Wildman–Crippen LogP) is 6.34. The van der Waals surface area contributed by atoms with Crippen molar-refractivity contribution in [1.29, 1.82) is 0 Å². The minimum Gasteiger partial charge on any atom is -0.0683 e. The van der Waals surface area contributed by atoms with Gasteiger partial charge in [-0.15, -0.1) is 0 Å². The molecule has 0 aromatic rings. The molecule has 0 N–H and O–H groups in total. The number of hydrogen-bond acceptors (Lipinski definition) is 0. The summed E-state index contributed by atoms with van der Waals surface area (Å²) >= 11 is 0. The van der Waals surface area contributed by atoms with Crippen LogP contribution in [0.15, 0.2) is 0 Å². The van der Waals surface area contributed by atoms with Gasteiger partial charge in [0.1, 0.15) is 0 Å². The van der Waals surface area contributed by atoms with Gasteiger partial charge in [0, 0.05) is 0 Å². The molecule has 15 heavy (non-hydrogen) atoms. The van der Waals surface area contributed by atoms with Crippen LogP contribution in [0.2, 0.25) is 0 Å². The molecule has 94 valence electrons. The zero-order chi connectivity index (χ0) is 11.8. The molecule has 0 heterocycles. The van der Waals surface area contributed by atoms with Gasteiger partial charge in [-0.25, -0.2) is 0 Å². The fraction of sp³-hybridized carbons (Fsp3) is 1.00. The van der Waals surface area contributed by atoms with Crippen LogP contribution in [0.25, 0.3) is 0 Å². The first-order chi connectivity index (χ1) is 7.41. The first kappa shape index (κ1) is 17.4. The fourth-order valence-corrected chi connectivity index (χ4v) is 1.74. The molecule has 0 unspecified atom stereocenters. The van der Waals surface area contributed by atoms with Gasteiger partial charge in [0.25, 0.3) is 0 Å². The van der Waals surface area contributed by atoms with Crippen LogP contribution in [0, 0.1) is 0 Å². The van der Waals surface area contributed by atoms with Gasteiger partial charge >= 0.3 is 0 Å². The Morgan fingerprint density at radius 2 is 0.600 bits per heavy atom. The Morgan fingerprint density at radius 3 is 0.800 bits per heavy atom. The van der Waals surface area contributed by atoms with Gasteiger partial charge < -0.3 is 0 Å². The summed E-state index contributed by atoms with van der Waals surface area (Å²) < 4.78 is 0. The monoisotopic (exact) mass is 214 g/mol. The molecular weight excluding hydrogens is 180 g/mol. The van der Waals surface area contributed by atoms with Crippen molar-refractivity contribution in [2.45, 2.75) is 98.3 Å². The lowest BCUT2D eigenvalue weighted by Gasteiger charge is -2.00. The summed E-state index contributed by atoms with van der Waals surface area (Å²) in [5.41, 5.74) is 0. The van der Waals surface area contributed by atoms with Gasteiger partial charge in [-0.05, 0) is 0 Å². The van der Waals surface area contributed by atoms with Crippen molar-refractivity contribution in [1.82, 2.24) is 0 Å². The number of rotatable bonds is 10. The molecule has 0 rings (SSSR count). The van der Waals surface area contributed by atoms with E-state index in [9.17, 15) is 0 Å². The summed E-state index contributed by atoms with van der Waals surface area (Å²) in [4.78, 5) is 0. The van der Waals surface area contributed by atoms with Crippen molar-refractivity contribution in [3.63, 3.8) is 0 Å². The summed E-state index contributed by atoms with van der Waals surface area (Å²) in [6.45, 7) is 8.56. The van der Waals surface area contributed by atoms with Crippen molar-refractivity contribution in [2.24, 2.45) is 0 Å². The molecule has 0 aromatic carbocycles. The van der Waals surface area contributed by atoms with Crippen LogP contribution in [0.4, 0.5) is 0 Å². The lowest BCUT2D eigenvalue weighted by molar-refractivity contribution is 0.554. The Kier molecular flexibility index (Phi) is 22.7. The Bertz CT molecular complexity index is 66.1. The smallest absolute Gasteiger partial charge is 0.0533 e. The highest BCUT2D eigenvalue weighted by molar-refractivity contribution is 4.46. The van der Waals surface area contributed by atoms with E-state index in [1.54, 1.807) is 0 Å². The van der Waals surface area contributed by atoms with E-state index in [4.69, 9.17) is 0 Å². The second-order valence-electron chi connectivity index (χ2n) is 4.18. The number of hydrogen-bond donors (Lipinski definition) is 0. The molecule has 0 amide bonds. The Hall–Kier alpha value is 0. The summed E-state index contributed by atoms with van der Waals surface area (Å²) in [6, 6.07) is 0. The Labute approximate surface area is 98.9 Å². The van der Waals surface area contributed by atoms with Crippen molar-refractivity contribution in [2.75, 3.05) is 0 Å². The third-order valence-electron chi connectivity index (χ3n) is 2.71. The maximum absolute atomic E-state index is 2.28. The van der Waals surface area contributed by atoms with Crippen LogP contribution < -0.4 is 0 Å². The average Bonchev–Trinajstić information content (AvgIpc) is 2.30. The molecule has 0 saturated heterocycles.